The number of nitrogens with two attached hydrogens (primary N) is 1. The van der Waals surface area contributed by atoms with E-state index in [4.69, 9.17) is 15.2 Å². The van der Waals surface area contributed by atoms with Crippen molar-refractivity contribution in [2.24, 2.45) is 5.73 Å². The maximum absolute atomic E-state index is 6.30. The summed E-state index contributed by atoms with van der Waals surface area (Å²) in [6, 6.07) is 9.15. The molecule has 7 heteroatoms. The first-order valence-electron chi connectivity index (χ1n) is 7.25. The molecular formula is C16H18N4O2S. The summed E-state index contributed by atoms with van der Waals surface area (Å²) < 4.78 is 10.9. The lowest BCUT2D eigenvalue weighted by Crippen LogP contribution is -2.14. The number of ether oxygens (including phenoxy) is 2. The Bertz CT molecular complexity index is 770. The number of H-pyrrole nitrogens is 1. The zero-order valence-electron chi connectivity index (χ0n) is 12.9. The molecule has 1 atom stereocenters. The van der Waals surface area contributed by atoms with Gasteiger partial charge in [-0.2, -0.15) is 5.10 Å². The predicted octanol–water partition coefficient (Wildman–Crippen LogP) is 2.99. The second-order valence-corrected chi connectivity index (χ2v) is 5.79. The van der Waals surface area contributed by atoms with Crippen LogP contribution in [0.3, 0.4) is 0 Å². The number of benzene rings is 1. The average molecular weight is 330 g/mol. The molecule has 6 nitrogen and oxygen atoms in total. The molecule has 0 saturated heterocycles. The van der Waals surface area contributed by atoms with Crippen LogP contribution in [0, 0.1) is 0 Å². The summed E-state index contributed by atoms with van der Waals surface area (Å²) in [6.07, 6.45) is 0. The second-order valence-electron chi connectivity index (χ2n) is 4.84. The topological polar surface area (TPSA) is 86.0 Å². The third-order valence-electron chi connectivity index (χ3n) is 3.39. The molecule has 0 aliphatic heterocycles. The summed E-state index contributed by atoms with van der Waals surface area (Å²) in [5.41, 5.74) is 7.18. The van der Waals surface area contributed by atoms with E-state index >= 15 is 0 Å². The molecular weight excluding hydrogens is 312 g/mol. The minimum absolute atomic E-state index is 0.416. The molecule has 3 aromatic rings. The Kier molecular flexibility index (Phi) is 4.59. The van der Waals surface area contributed by atoms with Gasteiger partial charge in [0.25, 0.3) is 0 Å². The van der Waals surface area contributed by atoms with Crippen LogP contribution in [-0.2, 0) is 0 Å². The third-order valence-corrected chi connectivity index (χ3v) is 4.25. The number of aromatic amines is 1. The number of rotatable bonds is 6. The van der Waals surface area contributed by atoms with Gasteiger partial charge in [0.2, 0.25) is 0 Å². The molecule has 3 rings (SSSR count). The van der Waals surface area contributed by atoms with Gasteiger partial charge in [-0.15, -0.1) is 11.3 Å². The van der Waals surface area contributed by atoms with E-state index < -0.39 is 6.04 Å². The van der Waals surface area contributed by atoms with Crippen LogP contribution in [0.2, 0.25) is 0 Å². The van der Waals surface area contributed by atoms with Crippen molar-refractivity contribution in [1.82, 2.24) is 15.2 Å². The number of aromatic nitrogens is 3. The first kappa shape index (κ1) is 15.5. The van der Waals surface area contributed by atoms with Crippen molar-refractivity contribution >= 4 is 11.3 Å². The van der Waals surface area contributed by atoms with E-state index in [-0.39, 0.29) is 0 Å². The van der Waals surface area contributed by atoms with E-state index in [0.29, 0.717) is 29.8 Å². The summed E-state index contributed by atoms with van der Waals surface area (Å²) in [4.78, 5) is 5.49. The summed E-state index contributed by atoms with van der Waals surface area (Å²) in [5, 5.41) is 9.14. The Morgan fingerprint density at radius 3 is 2.87 bits per heavy atom. The molecule has 120 valence electrons. The molecule has 0 radical (unpaired) electrons. The van der Waals surface area contributed by atoms with Gasteiger partial charge in [-0.1, -0.05) is 12.1 Å². The van der Waals surface area contributed by atoms with E-state index in [2.05, 4.69) is 15.2 Å². The predicted molar refractivity (Wildman–Crippen MR) is 89.9 cm³/mol. The highest BCUT2D eigenvalue weighted by Crippen LogP contribution is 2.31. The van der Waals surface area contributed by atoms with Gasteiger partial charge in [-0.25, -0.2) is 4.98 Å². The number of nitrogens with one attached hydrogen (secondary N) is 1. The van der Waals surface area contributed by atoms with Gasteiger partial charge in [0.15, 0.2) is 17.3 Å². The SMILES string of the molecule is CCOc1ccc([C@@H](N)c2nc(-c3cccs3)n[nH]2)cc1OC. The van der Waals surface area contributed by atoms with Gasteiger partial charge in [0, 0.05) is 0 Å². The van der Waals surface area contributed by atoms with Crippen molar-refractivity contribution in [3.8, 4) is 22.2 Å². The van der Waals surface area contributed by atoms with Crippen LogP contribution in [0.1, 0.15) is 24.4 Å². The maximum Gasteiger partial charge on any atom is 0.191 e. The molecule has 0 aliphatic rings. The molecule has 0 unspecified atom stereocenters. The largest absolute Gasteiger partial charge is 0.493 e. The third kappa shape index (κ3) is 3.20. The Morgan fingerprint density at radius 2 is 2.17 bits per heavy atom. The molecule has 23 heavy (non-hydrogen) atoms. The molecule has 0 aliphatic carbocycles. The van der Waals surface area contributed by atoms with Crippen molar-refractivity contribution < 1.29 is 9.47 Å². The molecule has 2 heterocycles. The quantitative estimate of drug-likeness (QED) is 0.725. The lowest BCUT2D eigenvalue weighted by molar-refractivity contribution is 0.310. The molecule has 1 aromatic carbocycles. The molecule has 0 fully saturated rings. The molecule has 0 spiro atoms. The Balaban J connectivity index is 1.86. The van der Waals surface area contributed by atoms with Crippen LogP contribution in [0.4, 0.5) is 0 Å². The Morgan fingerprint density at radius 1 is 1.30 bits per heavy atom. The fourth-order valence-corrected chi connectivity index (χ4v) is 2.90. The second kappa shape index (κ2) is 6.80. The Hall–Kier alpha value is -2.38. The standard InChI is InChI=1S/C16H18N4O2S/c1-3-22-11-7-6-10(9-12(11)21-2)14(17)16-18-15(19-20-16)13-5-4-8-23-13/h4-9,14H,3,17H2,1-2H3,(H,18,19,20)/t14-/m1/s1. The van der Waals surface area contributed by atoms with Gasteiger partial charge in [-0.3, -0.25) is 5.10 Å². The zero-order valence-corrected chi connectivity index (χ0v) is 13.8. The highest BCUT2D eigenvalue weighted by Gasteiger charge is 2.17. The normalized spacial score (nSPS) is 12.1. The summed E-state index contributed by atoms with van der Waals surface area (Å²) >= 11 is 1.59. The number of hydrogen-bond acceptors (Lipinski definition) is 6. The van der Waals surface area contributed by atoms with Crippen molar-refractivity contribution in [3.05, 3.63) is 47.1 Å². The van der Waals surface area contributed by atoms with Gasteiger partial charge in [-0.05, 0) is 36.1 Å². The average Bonchev–Trinajstić information content (AvgIpc) is 3.26. The van der Waals surface area contributed by atoms with Crippen LogP contribution in [0.15, 0.2) is 35.7 Å². The molecule has 0 amide bonds. The zero-order chi connectivity index (χ0) is 16.2. The first-order chi connectivity index (χ1) is 11.2. The van der Waals surface area contributed by atoms with E-state index in [9.17, 15) is 0 Å². The molecule has 2 aromatic heterocycles. The van der Waals surface area contributed by atoms with E-state index in [1.54, 1.807) is 18.4 Å². The van der Waals surface area contributed by atoms with Crippen molar-refractivity contribution in [1.29, 1.82) is 0 Å². The van der Waals surface area contributed by atoms with E-state index in [1.165, 1.54) is 0 Å². The smallest absolute Gasteiger partial charge is 0.191 e. The first-order valence-corrected chi connectivity index (χ1v) is 8.13. The maximum atomic E-state index is 6.30. The van der Waals surface area contributed by atoms with E-state index in [1.807, 2.05) is 42.6 Å². The lowest BCUT2D eigenvalue weighted by atomic mass is 10.1. The Labute approximate surface area is 138 Å². The molecule has 3 N–H and O–H groups in total. The number of thiophene rings is 1. The fourth-order valence-electron chi connectivity index (χ4n) is 2.24. The number of hydrogen-bond donors (Lipinski definition) is 2. The van der Waals surface area contributed by atoms with E-state index in [0.717, 1.165) is 10.4 Å². The van der Waals surface area contributed by atoms with Crippen LogP contribution >= 0.6 is 11.3 Å². The van der Waals surface area contributed by atoms with Crippen LogP contribution in [-0.4, -0.2) is 28.9 Å². The number of nitrogens with zero attached hydrogens (tertiary/aromatic N) is 2. The molecule has 0 saturated carbocycles. The minimum Gasteiger partial charge on any atom is -0.493 e. The van der Waals surface area contributed by atoms with Crippen molar-refractivity contribution in [2.75, 3.05) is 13.7 Å². The molecule has 0 bridgehead atoms. The monoisotopic (exact) mass is 330 g/mol. The van der Waals surface area contributed by atoms with Crippen LogP contribution < -0.4 is 15.2 Å². The fraction of sp³-hybridized carbons (Fsp3) is 0.250. The van der Waals surface area contributed by atoms with Gasteiger partial charge >= 0.3 is 0 Å². The minimum atomic E-state index is -0.416. The summed E-state index contributed by atoms with van der Waals surface area (Å²) in [7, 11) is 1.61. The van der Waals surface area contributed by atoms with Crippen LogP contribution in [0.25, 0.3) is 10.7 Å². The highest BCUT2D eigenvalue weighted by atomic mass is 32.1. The van der Waals surface area contributed by atoms with Crippen LogP contribution in [0.5, 0.6) is 11.5 Å². The highest BCUT2D eigenvalue weighted by molar-refractivity contribution is 7.13. The summed E-state index contributed by atoms with van der Waals surface area (Å²) in [5.74, 6) is 2.61. The van der Waals surface area contributed by atoms with Crippen molar-refractivity contribution in [2.45, 2.75) is 13.0 Å². The number of methoxy groups -OCH3 is 1. The van der Waals surface area contributed by atoms with Gasteiger partial charge in [0.1, 0.15) is 5.82 Å². The van der Waals surface area contributed by atoms with Gasteiger partial charge in [0.05, 0.1) is 24.6 Å². The van der Waals surface area contributed by atoms with Gasteiger partial charge < -0.3 is 15.2 Å². The van der Waals surface area contributed by atoms with Crippen molar-refractivity contribution in [3.63, 3.8) is 0 Å². The lowest BCUT2D eigenvalue weighted by Gasteiger charge is -2.13. The summed E-state index contributed by atoms with van der Waals surface area (Å²) in [6.45, 7) is 2.51.